The van der Waals surface area contributed by atoms with Gasteiger partial charge in [0.05, 0.1) is 24.1 Å². The lowest BCUT2D eigenvalue weighted by molar-refractivity contribution is 0.0942. The molecule has 0 radical (unpaired) electrons. The van der Waals surface area contributed by atoms with Crippen molar-refractivity contribution in [2.45, 2.75) is 20.4 Å². The van der Waals surface area contributed by atoms with Crippen molar-refractivity contribution in [3.8, 4) is 0 Å². The van der Waals surface area contributed by atoms with Gasteiger partial charge in [0.2, 0.25) is 0 Å². The Kier molecular flexibility index (Phi) is 3.44. The summed E-state index contributed by atoms with van der Waals surface area (Å²) in [5.74, 6) is -0.130. The van der Waals surface area contributed by atoms with Crippen LogP contribution in [0.15, 0.2) is 12.3 Å². The van der Waals surface area contributed by atoms with Crippen molar-refractivity contribution in [1.82, 2.24) is 34.7 Å². The highest BCUT2D eigenvalue weighted by atomic mass is 16.2. The summed E-state index contributed by atoms with van der Waals surface area (Å²) in [5.41, 5.74) is 4.32. The Morgan fingerprint density at radius 1 is 1.23 bits per heavy atom. The smallest absolute Gasteiger partial charge is 0.269 e. The summed E-state index contributed by atoms with van der Waals surface area (Å²) in [5, 5.41) is 15.8. The lowest BCUT2D eigenvalue weighted by Crippen LogP contribution is -2.29. The minimum absolute atomic E-state index is 0.130. The third-order valence-electron chi connectivity index (χ3n) is 3.66. The van der Waals surface area contributed by atoms with Crippen LogP contribution in [-0.4, -0.2) is 41.8 Å². The van der Waals surface area contributed by atoms with Crippen molar-refractivity contribution < 1.29 is 4.79 Å². The van der Waals surface area contributed by atoms with E-state index in [-0.39, 0.29) is 5.91 Å². The summed E-state index contributed by atoms with van der Waals surface area (Å²) in [6.45, 7) is 4.91. The maximum Gasteiger partial charge on any atom is 0.269 e. The van der Waals surface area contributed by atoms with Crippen LogP contribution in [0.3, 0.4) is 0 Å². The highest BCUT2D eigenvalue weighted by molar-refractivity contribution is 5.92. The average Bonchev–Trinajstić information content (AvgIpc) is 3.08. The first kappa shape index (κ1) is 14.3. The van der Waals surface area contributed by atoms with Crippen molar-refractivity contribution in [3.05, 3.63) is 29.3 Å². The summed E-state index contributed by atoms with van der Waals surface area (Å²) in [4.78, 5) is 12.1. The summed E-state index contributed by atoms with van der Waals surface area (Å²) >= 11 is 0. The van der Waals surface area contributed by atoms with Crippen LogP contribution in [0, 0.1) is 13.8 Å². The van der Waals surface area contributed by atoms with Crippen LogP contribution in [0.5, 0.6) is 0 Å². The number of hydrogen-bond acceptors (Lipinski definition) is 4. The first-order valence-electron chi connectivity index (χ1n) is 7.11. The minimum atomic E-state index is -0.130. The van der Waals surface area contributed by atoms with Crippen LogP contribution in [-0.2, 0) is 20.6 Å². The maximum atomic E-state index is 12.1. The van der Waals surface area contributed by atoms with Crippen LogP contribution in [0.25, 0.3) is 11.0 Å². The van der Waals surface area contributed by atoms with Crippen LogP contribution >= 0.6 is 0 Å². The van der Waals surface area contributed by atoms with E-state index in [0.717, 1.165) is 22.4 Å². The molecule has 3 aromatic heterocycles. The second kappa shape index (κ2) is 5.28. The molecule has 8 heteroatoms. The molecule has 0 spiro atoms. The summed E-state index contributed by atoms with van der Waals surface area (Å²) in [7, 11) is 3.66. The third-order valence-corrected chi connectivity index (χ3v) is 3.66. The van der Waals surface area contributed by atoms with Gasteiger partial charge in [-0.1, -0.05) is 0 Å². The average molecular weight is 301 g/mol. The predicted octanol–water partition coefficient (Wildman–Crippen LogP) is 0.550. The summed E-state index contributed by atoms with van der Waals surface area (Å²) in [6.07, 6.45) is 1.79. The van der Waals surface area contributed by atoms with E-state index in [1.807, 2.05) is 30.3 Å². The molecule has 8 nitrogen and oxygen atoms in total. The van der Waals surface area contributed by atoms with Crippen LogP contribution in [0.4, 0.5) is 0 Å². The summed E-state index contributed by atoms with van der Waals surface area (Å²) < 4.78 is 5.26. The SMILES string of the molecule is Cc1cc(C(=O)NCCn2ncc3c2c(C)nn3C)n(C)n1. The molecular weight excluding hydrogens is 282 g/mol. The highest BCUT2D eigenvalue weighted by Crippen LogP contribution is 2.16. The Morgan fingerprint density at radius 2 is 2.00 bits per heavy atom. The minimum Gasteiger partial charge on any atom is -0.349 e. The molecule has 0 aliphatic rings. The molecule has 0 saturated carbocycles. The van der Waals surface area contributed by atoms with Gasteiger partial charge in [-0.2, -0.15) is 15.3 Å². The Labute approximate surface area is 127 Å². The number of fused-ring (bicyclic) bond motifs is 1. The van der Waals surface area contributed by atoms with Crippen LogP contribution < -0.4 is 5.32 Å². The van der Waals surface area contributed by atoms with E-state index in [0.29, 0.717) is 18.8 Å². The molecule has 3 rings (SSSR count). The molecule has 0 saturated heterocycles. The van der Waals surface area contributed by atoms with Gasteiger partial charge in [-0.05, 0) is 19.9 Å². The lowest BCUT2D eigenvalue weighted by atomic mass is 10.3. The number of nitrogens with one attached hydrogen (secondary N) is 1. The number of aromatic nitrogens is 6. The second-order valence-corrected chi connectivity index (χ2v) is 5.36. The second-order valence-electron chi connectivity index (χ2n) is 5.36. The molecular formula is C14H19N7O. The van der Waals surface area contributed by atoms with Crippen molar-refractivity contribution in [2.75, 3.05) is 6.54 Å². The molecule has 0 aromatic carbocycles. The number of rotatable bonds is 4. The molecule has 0 atom stereocenters. The first-order chi connectivity index (χ1) is 10.5. The normalized spacial score (nSPS) is 11.3. The molecule has 3 aromatic rings. The van der Waals surface area contributed by atoms with E-state index in [1.165, 1.54) is 0 Å². The lowest BCUT2D eigenvalue weighted by Gasteiger charge is -2.06. The molecule has 0 fully saturated rings. The Morgan fingerprint density at radius 3 is 2.68 bits per heavy atom. The molecule has 22 heavy (non-hydrogen) atoms. The zero-order valence-corrected chi connectivity index (χ0v) is 13.2. The van der Waals surface area contributed by atoms with Gasteiger partial charge in [0.15, 0.2) is 0 Å². The fraction of sp³-hybridized carbons (Fsp3) is 0.429. The summed E-state index contributed by atoms with van der Waals surface area (Å²) in [6, 6.07) is 1.77. The van der Waals surface area contributed by atoms with E-state index in [4.69, 9.17) is 0 Å². The molecule has 0 unspecified atom stereocenters. The molecule has 3 heterocycles. The largest absolute Gasteiger partial charge is 0.349 e. The molecule has 116 valence electrons. The number of aryl methyl sites for hydroxylation is 4. The standard InChI is InChI=1S/C14H19N7O/c1-9-7-11(19(3)17-9)14(22)15-5-6-21-13-10(2)18-20(4)12(13)8-16-21/h7-8H,5-6H2,1-4H3,(H,15,22). The van der Waals surface area contributed by atoms with Gasteiger partial charge in [0, 0.05) is 20.6 Å². The fourth-order valence-electron chi connectivity index (χ4n) is 2.67. The third kappa shape index (κ3) is 2.36. The van der Waals surface area contributed by atoms with Crippen molar-refractivity contribution in [1.29, 1.82) is 0 Å². The molecule has 0 aliphatic heterocycles. The molecule has 1 N–H and O–H groups in total. The van der Waals surface area contributed by atoms with Crippen molar-refractivity contribution >= 4 is 16.9 Å². The first-order valence-corrected chi connectivity index (χ1v) is 7.11. The monoisotopic (exact) mass is 301 g/mol. The Balaban J connectivity index is 1.67. The van der Waals surface area contributed by atoms with Gasteiger partial charge in [0.25, 0.3) is 5.91 Å². The number of amides is 1. The van der Waals surface area contributed by atoms with E-state index >= 15 is 0 Å². The van der Waals surface area contributed by atoms with Gasteiger partial charge in [-0.25, -0.2) is 0 Å². The number of nitrogens with zero attached hydrogens (tertiary/aromatic N) is 6. The van der Waals surface area contributed by atoms with Crippen molar-refractivity contribution in [3.63, 3.8) is 0 Å². The number of carbonyl (C=O) groups excluding carboxylic acids is 1. The van der Waals surface area contributed by atoms with Gasteiger partial charge in [-0.3, -0.25) is 18.8 Å². The van der Waals surface area contributed by atoms with E-state index < -0.39 is 0 Å². The van der Waals surface area contributed by atoms with Crippen LogP contribution in [0.1, 0.15) is 21.9 Å². The molecule has 0 aliphatic carbocycles. The highest BCUT2D eigenvalue weighted by Gasteiger charge is 2.13. The van der Waals surface area contributed by atoms with E-state index in [9.17, 15) is 4.79 Å². The van der Waals surface area contributed by atoms with Gasteiger partial charge in [-0.15, -0.1) is 0 Å². The van der Waals surface area contributed by atoms with Gasteiger partial charge >= 0.3 is 0 Å². The van der Waals surface area contributed by atoms with E-state index in [1.54, 1.807) is 24.0 Å². The zero-order chi connectivity index (χ0) is 15.9. The molecule has 0 bridgehead atoms. The number of hydrogen-bond donors (Lipinski definition) is 1. The fourth-order valence-corrected chi connectivity index (χ4v) is 2.67. The maximum absolute atomic E-state index is 12.1. The van der Waals surface area contributed by atoms with Crippen LogP contribution in [0.2, 0.25) is 0 Å². The molecule has 1 amide bonds. The Hall–Kier alpha value is -2.64. The Bertz CT molecular complexity index is 839. The van der Waals surface area contributed by atoms with E-state index in [2.05, 4.69) is 20.6 Å². The zero-order valence-electron chi connectivity index (χ0n) is 13.2. The van der Waals surface area contributed by atoms with Gasteiger partial charge < -0.3 is 5.32 Å². The van der Waals surface area contributed by atoms with Crippen molar-refractivity contribution in [2.24, 2.45) is 14.1 Å². The van der Waals surface area contributed by atoms with Gasteiger partial charge in [0.1, 0.15) is 16.7 Å². The number of carbonyl (C=O) groups is 1. The predicted molar refractivity (Wildman–Crippen MR) is 81.5 cm³/mol. The topological polar surface area (TPSA) is 82.6 Å². The quantitative estimate of drug-likeness (QED) is 0.763.